The van der Waals surface area contributed by atoms with Gasteiger partial charge in [-0.2, -0.15) is 0 Å². The fourth-order valence-corrected chi connectivity index (χ4v) is 1.99. The zero-order chi connectivity index (χ0) is 12.4. The van der Waals surface area contributed by atoms with Crippen molar-refractivity contribution in [2.24, 2.45) is 11.1 Å². The van der Waals surface area contributed by atoms with Crippen molar-refractivity contribution in [2.45, 2.75) is 46.0 Å². The lowest BCUT2D eigenvalue weighted by molar-refractivity contribution is 0.124. The molecule has 0 aromatic heterocycles. The summed E-state index contributed by atoms with van der Waals surface area (Å²) >= 11 is 0. The lowest BCUT2D eigenvalue weighted by atomic mass is 10.1. The third-order valence-corrected chi connectivity index (χ3v) is 3.15. The van der Waals surface area contributed by atoms with Gasteiger partial charge in [-0.25, -0.2) is 13.6 Å². The molecule has 0 fully saturated rings. The van der Waals surface area contributed by atoms with Crippen LogP contribution in [-0.2, 0) is 14.8 Å². The zero-order valence-corrected chi connectivity index (χ0v) is 11.3. The highest BCUT2D eigenvalue weighted by Crippen LogP contribution is 2.04. The van der Waals surface area contributed by atoms with Crippen LogP contribution in [-0.4, -0.2) is 27.4 Å². The SMILES string of the molecule is CC(C)CCCOCCCCCS(N)(=O)=O. The largest absolute Gasteiger partial charge is 0.381 e. The molecule has 0 atom stereocenters. The van der Waals surface area contributed by atoms with E-state index in [1.165, 1.54) is 6.42 Å². The number of nitrogens with two attached hydrogens (primary N) is 1. The molecule has 0 bridgehead atoms. The van der Waals surface area contributed by atoms with Crippen LogP contribution in [0.2, 0.25) is 0 Å². The van der Waals surface area contributed by atoms with Crippen molar-refractivity contribution in [3.8, 4) is 0 Å². The molecule has 0 aliphatic carbocycles. The molecule has 4 nitrogen and oxygen atoms in total. The van der Waals surface area contributed by atoms with Gasteiger partial charge >= 0.3 is 0 Å². The van der Waals surface area contributed by atoms with Crippen LogP contribution < -0.4 is 5.14 Å². The highest BCUT2D eigenvalue weighted by atomic mass is 32.2. The maximum absolute atomic E-state index is 10.6. The molecule has 0 aromatic rings. The molecule has 0 aliphatic heterocycles. The van der Waals surface area contributed by atoms with Gasteiger partial charge in [-0.1, -0.05) is 20.3 Å². The number of hydrogen-bond donors (Lipinski definition) is 1. The van der Waals surface area contributed by atoms with Crippen molar-refractivity contribution in [3.05, 3.63) is 0 Å². The Morgan fingerprint density at radius 1 is 1.06 bits per heavy atom. The van der Waals surface area contributed by atoms with Crippen LogP contribution in [0.5, 0.6) is 0 Å². The number of sulfonamides is 1. The number of primary sulfonamides is 1. The summed E-state index contributed by atoms with van der Waals surface area (Å²) < 4.78 is 26.7. The molecular formula is C11H25NO3S. The van der Waals surface area contributed by atoms with Crippen LogP contribution in [0.1, 0.15) is 46.0 Å². The number of ether oxygens (including phenoxy) is 1. The van der Waals surface area contributed by atoms with Crippen molar-refractivity contribution in [2.75, 3.05) is 19.0 Å². The molecule has 0 saturated carbocycles. The molecule has 0 aromatic carbocycles. The first-order valence-electron chi connectivity index (χ1n) is 6.00. The number of unbranched alkanes of at least 4 members (excludes halogenated alkanes) is 2. The monoisotopic (exact) mass is 251 g/mol. The van der Waals surface area contributed by atoms with E-state index in [1.54, 1.807) is 0 Å². The first-order valence-corrected chi connectivity index (χ1v) is 7.71. The second kappa shape index (κ2) is 8.96. The quantitative estimate of drug-likeness (QED) is 0.603. The Balaban J connectivity index is 3.10. The normalized spacial score (nSPS) is 12.2. The van der Waals surface area contributed by atoms with Crippen molar-refractivity contribution < 1.29 is 13.2 Å². The maximum Gasteiger partial charge on any atom is 0.209 e. The molecule has 98 valence electrons. The van der Waals surface area contributed by atoms with Crippen molar-refractivity contribution in [1.82, 2.24) is 0 Å². The van der Waals surface area contributed by atoms with Crippen molar-refractivity contribution >= 4 is 10.0 Å². The standard InChI is InChI=1S/C11H25NO3S/c1-11(2)7-6-9-15-8-4-3-5-10-16(12,13)14/h11H,3-10H2,1-2H3,(H2,12,13,14). The minimum absolute atomic E-state index is 0.0837. The van der Waals surface area contributed by atoms with Gasteiger partial charge < -0.3 is 4.74 Å². The van der Waals surface area contributed by atoms with Crippen LogP contribution in [0.4, 0.5) is 0 Å². The minimum atomic E-state index is -3.28. The van der Waals surface area contributed by atoms with Crippen LogP contribution in [0.3, 0.4) is 0 Å². The van der Waals surface area contributed by atoms with Crippen molar-refractivity contribution in [1.29, 1.82) is 0 Å². The lowest BCUT2D eigenvalue weighted by Crippen LogP contribution is -2.16. The predicted octanol–water partition coefficient (Wildman–Crippen LogP) is 1.90. The molecule has 0 rings (SSSR count). The Morgan fingerprint density at radius 2 is 1.69 bits per heavy atom. The van der Waals surface area contributed by atoms with E-state index in [1.807, 2.05) is 0 Å². The molecule has 16 heavy (non-hydrogen) atoms. The van der Waals surface area contributed by atoms with Crippen LogP contribution in [0, 0.1) is 5.92 Å². The summed E-state index contributed by atoms with van der Waals surface area (Å²) in [5.74, 6) is 0.818. The van der Waals surface area contributed by atoms with Gasteiger partial charge in [0, 0.05) is 13.2 Å². The summed E-state index contributed by atoms with van der Waals surface area (Å²) in [4.78, 5) is 0. The molecule has 5 heteroatoms. The van der Waals surface area contributed by atoms with E-state index in [4.69, 9.17) is 9.88 Å². The Bertz CT molecular complexity index is 250. The summed E-state index contributed by atoms with van der Waals surface area (Å²) in [6, 6.07) is 0. The van der Waals surface area contributed by atoms with Gasteiger partial charge in [-0.05, 0) is 31.6 Å². The average molecular weight is 251 g/mol. The highest BCUT2D eigenvalue weighted by molar-refractivity contribution is 7.89. The first-order chi connectivity index (χ1) is 7.42. The van der Waals surface area contributed by atoms with Crippen molar-refractivity contribution in [3.63, 3.8) is 0 Å². The summed E-state index contributed by atoms with van der Waals surface area (Å²) in [5.41, 5.74) is 0. The highest BCUT2D eigenvalue weighted by Gasteiger charge is 2.01. The van der Waals surface area contributed by atoms with E-state index in [-0.39, 0.29) is 5.75 Å². The average Bonchev–Trinajstić information content (AvgIpc) is 2.13. The fraction of sp³-hybridized carbons (Fsp3) is 1.00. The Hall–Kier alpha value is -0.130. The molecule has 0 unspecified atom stereocenters. The molecular weight excluding hydrogens is 226 g/mol. The number of hydrogen-bond acceptors (Lipinski definition) is 3. The van der Waals surface area contributed by atoms with E-state index >= 15 is 0 Å². The van der Waals surface area contributed by atoms with Gasteiger partial charge in [-0.3, -0.25) is 0 Å². The fourth-order valence-electron chi connectivity index (χ4n) is 1.38. The van der Waals surface area contributed by atoms with E-state index < -0.39 is 10.0 Å². The molecule has 0 radical (unpaired) electrons. The van der Waals surface area contributed by atoms with E-state index in [9.17, 15) is 8.42 Å². The second-order valence-corrected chi connectivity index (χ2v) is 6.31. The predicted molar refractivity (Wildman–Crippen MR) is 66.7 cm³/mol. The molecule has 0 aliphatic rings. The maximum atomic E-state index is 10.6. The van der Waals surface area contributed by atoms with Gasteiger partial charge in [0.15, 0.2) is 0 Å². The van der Waals surface area contributed by atoms with Crippen LogP contribution in [0.25, 0.3) is 0 Å². The molecule has 0 heterocycles. The zero-order valence-electron chi connectivity index (χ0n) is 10.4. The third kappa shape index (κ3) is 13.9. The van der Waals surface area contributed by atoms with Crippen LogP contribution >= 0.6 is 0 Å². The summed E-state index contributed by atoms with van der Waals surface area (Å²) in [6.07, 6.45) is 4.71. The second-order valence-electron chi connectivity index (χ2n) is 4.58. The summed E-state index contributed by atoms with van der Waals surface area (Å²) in [6.45, 7) is 5.94. The van der Waals surface area contributed by atoms with Gasteiger partial charge in [0.1, 0.15) is 0 Å². The Morgan fingerprint density at radius 3 is 2.25 bits per heavy atom. The summed E-state index contributed by atoms with van der Waals surface area (Å²) in [5, 5.41) is 4.89. The summed E-state index contributed by atoms with van der Waals surface area (Å²) in [7, 11) is -3.28. The Labute approximate surface area is 99.6 Å². The molecule has 0 spiro atoms. The number of rotatable bonds is 10. The Kier molecular flexibility index (Phi) is 8.89. The smallest absolute Gasteiger partial charge is 0.209 e. The van der Waals surface area contributed by atoms with Gasteiger partial charge in [-0.15, -0.1) is 0 Å². The van der Waals surface area contributed by atoms with Gasteiger partial charge in [0.25, 0.3) is 0 Å². The molecule has 0 saturated heterocycles. The van der Waals surface area contributed by atoms with E-state index in [0.717, 1.165) is 38.4 Å². The van der Waals surface area contributed by atoms with Crippen LogP contribution in [0.15, 0.2) is 0 Å². The topological polar surface area (TPSA) is 69.4 Å². The minimum Gasteiger partial charge on any atom is -0.381 e. The first kappa shape index (κ1) is 15.9. The van der Waals surface area contributed by atoms with Gasteiger partial charge in [0.05, 0.1) is 5.75 Å². The van der Waals surface area contributed by atoms with E-state index in [0.29, 0.717) is 6.42 Å². The van der Waals surface area contributed by atoms with Gasteiger partial charge in [0.2, 0.25) is 10.0 Å². The lowest BCUT2D eigenvalue weighted by Gasteiger charge is -2.05. The third-order valence-electron chi connectivity index (χ3n) is 2.29. The molecule has 0 amide bonds. The van der Waals surface area contributed by atoms with E-state index in [2.05, 4.69) is 13.8 Å². The molecule has 2 N–H and O–H groups in total.